The van der Waals surface area contributed by atoms with Crippen LogP contribution >= 0.6 is 11.3 Å². The summed E-state index contributed by atoms with van der Waals surface area (Å²) in [4.78, 5) is 32.2. The van der Waals surface area contributed by atoms with Crippen LogP contribution in [0.4, 0.5) is 0 Å². The Morgan fingerprint density at radius 3 is 2.73 bits per heavy atom. The number of esters is 1. The summed E-state index contributed by atoms with van der Waals surface area (Å²) in [6, 6.07) is 9.46. The number of benzene rings is 1. The van der Waals surface area contributed by atoms with Crippen molar-refractivity contribution < 1.29 is 9.53 Å². The second-order valence-corrected chi connectivity index (χ2v) is 5.95. The van der Waals surface area contributed by atoms with Crippen molar-refractivity contribution in [2.24, 2.45) is 0 Å². The quantitative estimate of drug-likeness (QED) is 0.754. The topological polar surface area (TPSA) is 72.0 Å². The van der Waals surface area contributed by atoms with Crippen LogP contribution in [0.15, 0.2) is 35.1 Å². The molecule has 0 aliphatic rings. The molecule has 0 aliphatic carbocycles. The van der Waals surface area contributed by atoms with Crippen LogP contribution in [0.5, 0.6) is 0 Å². The maximum Gasteiger partial charge on any atom is 0.349 e. The standard InChI is InChI=1S/C16H14N2O3S/c1-9-12-14(19)17-10(2)18-15(12)22-13(9)16(20)21-8-11-6-4-3-5-7-11/h3-7H,8H2,1-2H3,(H,17,18,19). The van der Waals surface area contributed by atoms with Gasteiger partial charge in [-0.1, -0.05) is 30.3 Å². The Balaban J connectivity index is 1.90. The molecule has 0 saturated carbocycles. The Labute approximate surface area is 130 Å². The first-order valence-electron chi connectivity index (χ1n) is 6.77. The molecule has 6 heteroatoms. The smallest absolute Gasteiger partial charge is 0.349 e. The molecule has 0 bridgehead atoms. The number of carbonyl (C=O) groups is 1. The van der Waals surface area contributed by atoms with Crippen molar-refractivity contribution in [2.45, 2.75) is 20.5 Å². The molecule has 3 rings (SSSR count). The highest BCUT2D eigenvalue weighted by Gasteiger charge is 2.20. The zero-order valence-electron chi connectivity index (χ0n) is 12.2. The van der Waals surface area contributed by atoms with Crippen LogP contribution in [0, 0.1) is 13.8 Å². The lowest BCUT2D eigenvalue weighted by atomic mass is 10.2. The van der Waals surface area contributed by atoms with Crippen LogP contribution in [0.2, 0.25) is 0 Å². The van der Waals surface area contributed by atoms with E-state index in [1.807, 2.05) is 30.3 Å². The van der Waals surface area contributed by atoms with Gasteiger partial charge >= 0.3 is 5.97 Å². The van der Waals surface area contributed by atoms with Gasteiger partial charge in [-0.25, -0.2) is 9.78 Å². The fourth-order valence-electron chi connectivity index (χ4n) is 2.23. The van der Waals surface area contributed by atoms with Gasteiger partial charge in [0.2, 0.25) is 0 Å². The summed E-state index contributed by atoms with van der Waals surface area (Å²) in [5.74, 6) is 0.101. The fraction of sp³-hybridized carbons (Fsp3) is 0.188. The maximum atomic E-state index is 12.3. The van der Waals surface area contributed by atoms with Crippen LogP contribution in [0.1, 0.15) is 26.6 Å². The average Bonchev–Trinajstić information content (AvgIpc) is 2.83. The SMILES string of the molecule is Cc1nc2sc(C(=O)OCc3ccccc3)c(C)c2c(=O)[nH]1. The molecule has 1 aromatic carbocycles. The molecule has 0 saturated heterocycles. The Morgan fingerprint density at radius 1 is 1.27 bits per heavy atom. The van der Waals surface area contributed by atoms with Gasteiger partial charge in [-0.2, -0.15) is 0 Å². The molecule has 1 N–H and O–H groups in total. The number of aromatic amines is 1. The normalized spacial score (nSPS) is 10.8. The van der Waals surface area contributed by atoms with Crippen LogP contribution < -0.4 is 5.56 Å². The monoisotopic (exact) mass is 314 g/mol. The van der Waals surface area contributed by atoms with E-state index in [2.05, 4.69) is 9.97 Å². The number of carbonyl (C=O) groups excluding carboxylic acids is 1. The Bertz CT molecular complexity index is 897. The van der Waals surface area contributed by atoms with Crippen molar-refractivity contribution in [2.75, 3.05) is 0 Å². The van der Waals surface area contributed by atoms with E-state index in [1.54, 1.807) is 13.8 Å². The molecule has 0 radical (unpaired) electrons. The molecule has 0 spiro atoms. The van der Waals surface area contributed by atoms with Crippen molar-refractivity contribution >= 4 is 27.5 Å². The second kappa shape index (κ2) is 5.73. The predicted molar refractivity (Wildman–Crippen MR) is 85.3 cm³/mol. The van der Waals surface area contributed by atoms with Gasteiger partial charge in [-0.15, -0.1) is 11.3 Å². The summed E-state index contributed by atoms with van der Waals surface area (Å²) in [6.07, 6.45) is 0. The summed E-state index contributed by atoms with van der Waals surface area (Å²) in [6.45, 7) is 3.66. The molecular weight excluding hydrogens is 300 g/mol. The van der Waals surface area contributed by atoms with E-state index in [0.29, 0.717) is 26.5 Å². The Hall–Kier alpha value is -2.47. The van der Waals surface area contributed by atoms with Gasteiger partial charge in [-0.3, -0.25) is 4.79 Å². The van der Waals surface area contributed by atoms with Gasteiger partial charge in [0, 0.05) is 0 Å². The largest absolute Gasteiger partial charge is 0.457 e. The first-order chi connectivity index (χ1) is 10.6. The van der Waals surface area contributed by atoms with Crippen LogP contribution in [0.3, 0.4) is 0 Å². The summed E-state index contributed by atoms with van der Waals surface area (Å²) in [5, 5.41) is 0.460. The highest BCUT2D eigenvalue weighted by molar-refractivity contribution is 7.20. The van der Waals surface area contributed by atoms with Crippen molar-refractivity contribution in [3.05, 3.63) is 62.5 Å². The average molecular weight is 314 g/mol. The van der Waals surface area contributed by atoms with E-state index >= 15 is 0 Å². The minimum Gasteiger partial charge on any atom is -0.457 e. The molecule has 3 aromatic rings. The molecule has 2 heterocycles. The third kappa shape index (κ3) is 2.65. The van der Waals surface area contributed by atoms with E-state index in [9.17, 15) is 9.59 Å². The van der Waals surface area contributed by atoms with Crippen molar-refractivity contribution in [1.82, 2.24) is 9.97 Å². The first-order valence-corrected chi connectivity index (χ1v) is 7.59. The number of ether oxygens (including phenoxy) is 1. The number of hydrogen-bond acceptors (Lipinski definition) is 5. The number of fused-ring (bicyclic) bond motifs is 1. The van der Waals surface area contributed by atoms with Crippen LogP contribution in [0.25, 0.3) is 10.2 Å². The Morgan fingerprint density at radius 2 is 2.00 bits per heavy atom. The van der Waals surface area contributed by atoms with Crippen molar-refractivity contribution in [3.63, 3.8) is 0 Å². The lowest BCUT2D eigenvalue weighted by molar-refractivity contribution is 0.0478. The summed E-state index contributed by atoms with van der Waals surface area (Å²) < 4.78 is 5.33. The van der Waals surface area contributed by atoms with Gasteiger partial charge < -0.3 is 9.72 Å². The number of H-pyrrole nitrogens is 1. The minimum absolute atomic E-state index is 0.205. The van der Waals surface area contributed by atoms with Gasteiger partial charge in [0.05, 0.1) is 5.39 Å². The van der Waals surface area contributed by atoms with E-state index in [1.165, 1.54) is 11.3 Å². The highest BCUT2D eigenvalue weighted by Crippen LogP contribution is 2.27. The van der Waals surface area contributed by atoms with Gasteiger partial charge in [0.25, 0.3) is 5.56 Å². The number of nitrogens with zero attached hydrogens (tertiary/aromatic N) is 1. The number of nitrogens with one attached hydrogen (secondary N) is 1. The molecule has 0 atom stereocenters. The highest BCUT2D eigenvalue weighted by atomic mass is 32.1. The van der Waals surface area contributed by atoms with E-state index in [4.69, 9.17) is 4.74 Å². The van der Waals surface area contributed by atoms with Gasteiger partial charge in [0.15, 0.2) is 0 Å². The number of hydrogen-bond donors (Lipinski definition) is 1. The lowest BCUT2D eigenvalue weighted by Crippen LogP contribution is -2.10. The third-order valence-corrected chi connectivity index (χ3v) is 4.48. The van der Waals surface area contributed by atoms with E-state index in [-0.39, 0.29) is 12.2 Å². The fourth-order valence-corrected chi connectivity index (χ4v) is 3.36. The molecule has 0 aliphatic heterocycles. The number of aromatic nitrogens is 2. The lowest BCUT2D eigenvalue weighted by Gasteiger charge is -2.03. The molecule has 2 aromatic heterocycles. The maximum absolute atomic E-state index is 12.3. The summed E-state index contributed by atoms with van der Waals surface area (Å²) >= 11 is 1.19. The first kappa shape index (κ1) is 14.5. The van der Waals surface area contributed by atoms with Crippen LogP contribution in [-0.4, -0.2) is 15.9 Å². The van der Waals surface area contributed by atoms with Crippen LogP contribution in [-0.2, 0) is 11.3 Å². The zero-order chi connectivity index (χ0) is 15.7. The van der Waals surface area contributed by atoms with Gasteiger partial charge in [0.1, 0.15) is 22.1 Å². The molecule has 0 amide bonds. The third-order valence-electron chi connectivity index (χ3n) is 3.32. The number of thiophene rings is 1. The summed E-state index contributed by atoms with van der Waals surface area (Å²) in [7, 11) is 0. The van der Waals surface area contributed by atoms with Gasteiger partial charge in [-0.05, 0) is 25.0 Å². The van der Waals surface area contributed by atoms with Crippen molar-refractivity contribution in [1.29, 1.82) is 0 Å². The molecule has 5 nitrogen and oxygen atoms in total. The Kier molecular flexibility index (Phi) is 3.77. The molecular formula is C16H14N2O3S. The summed E-state index contributed by atoms with van der Waals surface area (Å²) in [5.41, 5.74) is 1.31. The zero-order valence-corrected chi connectivity index (χ0v) is 13.0. The molecule has 22 heavy (non-hydrogen) atoms. The number of rotatable bonds is 3. The van der Waals surface area contributed by atoms with E-state index in [0.717, 1.165) is 5.56 Å². The minimum atomic E-state index is -0.429. The van der Waals surface area contributed by atoms with E-state index < -0.39 is 5.97 Å². The predicted octanol–water partition coefficient (Wildman–Crippen LogP) is 2.96. The van der Waals surface area contributed by atoms with Crippen molar-refractivity contribution in [3.8, 4) is 0 Å². The molecule has 0 unspecified atom stereocenters. The number of aryl methyl sites for hydroxylation is 2. The molecule has 0 fully saturated rings. The molecule has 112 valence electrons. The second-order valence-electron chi connectivity index (χ2n) is 4.95.